The van der Waals surface area contributed by atoms with Crippen molar-refractivity contribution in [1.29, 1.82) is 0 Å². The van der Waals surface area contributed by atoms with E-state index in [1.165, 1.54) is 18.2 Å². The number of amides is 2. The molecular weight excluding hydrogens is 319 g/mol. The van der Waals surface area contributed by atoms with Crippen molar-refractivity contribution < 1.29 is 9.18 Å². The first-order valence-corrected chi connectivity index (χ1v) is 8.22. The van der Waals surface area contributed by atoms with Crippen LogP contribution in [0, 0.1) is 11.7 Å². The number of halogens is 2. The van der Waals surface area contributed by atoms with Crippen molar-refractivity contribution in [2.45, 2.75) is 6.92 Å². The molecule has 0 saturated carbocycles. The number of rotatable bonds is 5. The Hall–Kier alpha value is -1.37. The topological polar surface area (TPSA) is 47.6 Å². The molecule has 0 aliphatic carbocycles. The molecule has 1 atom stereocenters. The number of piperazine rings is 1. The fourth-order valence-corrected chi connectivity index (χ4v) is 2.72. The smallest absolute Gasteiger partial charge is 0.319 e. The molecule has 2 N–H and O–H groups in total. The highest BCUT2D eigenvalue weighted by molar-refractivity contribution is 6.30. The maximum Gasteiger partial charge on any atom is 0.319 e. The minimum absolute atomic E-state index is 0.124. The van der Waals surface area contributed by atoms with Crippen LogP contribution in [0.1, 0.15) is 6.92 Å². The van der Waals surface area contributed by atoms with Gasteiger partial charge in [0.25, 0.3) is 0 Å². The number of likely N-dealkylation sites (N-methyl/N-ethyl adjacent to an activating group) is 1. The van der Waals surface area contributed by atoms with Gasteiger partial charge in [0, 0.05) is 44.3 Å². The Morgan fingerprint density at radius 3 is 2.70 bits per heavy atom. The summed E-state index contributed by atoms with van der Waals surface area (Å²) in [5.74, 6) is -0.211. The molecule has 1 saturated heterocycles. The molecular formula is C16H24ClFN4O. The lowest BCUT2D eigenvalue weighted by Crippen LogP contribution is -2.47. The third-order valence-electron chi connectivity index (χ3n) is 3.96. The number of nitrogens with one attached hydrogen (secondary N) is 2. The van der Waals surface area contributed by atoms with Crippen LogP contribution in [-0.4, -0.2) is 62.1 Å². The Labute approximate surface area is 141 Å². The lowest BCUT2D eigenvalue weighted by Gasteiger charge is -2.33. The fraction of sp³-hybridized carbons (Fsp3) is 0.562. The van der Waals surface area contributed by atoms with E-state index in [2.05, 4.69) is 34.4 Å². The summed E-state index contributed by atoms with van der Waals surface area (Å²) in [6.45, 7) is 7.87. The van der Waals surface area contributed by atoms with Gasteiger partial charge in [0.1, 0.15) is 5.82 Å². The summed E-state index contributed by atoms with van der Waals surface area (Å²) < 4.78 is 13.6. The maximum absolute atomic E-state index is 13.6. The van der Waals surface area contributed by atoms with E-state index in [0.29, 0.717) is 17.5 Å². The summed E-state index contributed by atoms with van der Waals surface area (Å²) in [6, 6.07) is 3.75. The number of benzene rings is 1. The van der Waals surface area contributed by atoms with Crippen LogP contribution in [0.25, 0.3) is 0 Å². The number of urea groups is 1. The van der Waals surface area contributed by atoms with Gasteiger partial charge < -0.3 is 20.4 Å². The molecule has 0 bridgehead atoms. The molecule has 1 aromatic rings. The molecule has 23 heavy (non-hydrogen) atoms. The van der Waals surface area contributed by atoms with Gasteiger partial charge in [-0.1, -0.05) is 18.5 Å². The van der Waals surface area contributed by atoms with Gasteiger partial charge in [-0.05, 0) is 31.2 Å². The molecule has 0 unspecified atom stereocenters. The van der Waals surface area contributed by atoms with E-state index < -0.39 is 11.8 Å². The summed E-state index contributed by atoms with van der Waals surface area (Å²) in [5, 5.41) is 5.58. The Balaban J connectivity index is 1.71. The van der Waals surface area contributed by atoms with Gasteiger partial charge in [-0.15, -0.1) is 0 Å². The number of carbonyl (C=O) groups excluding carboxylic acids is 1. The van der Waals surface area contributed by atoms with Gasteiger partial charge in [0.2, 0.25) is 0 Å². The van der Waals surface area contributed by atoms with Crippen LogP contribution in [0.2, 0.25) is 5.02 Å². The molecule has 128 valence electrons. The van der Waals surface area contributed by atoms with Gasteiger partial charge in [-0.25, -0.2) is 9.18 Å². The zero-order valence-electron chi connectivity index (χ0n) is 13.6. The molecule has 1 aliphatic rings. The Bertz CT molecular complexity index is 535. The molecule has 1 aliphatic heterocycles. The van der Waals surface area contributed by atoms with Crippen molar-refractivity contribution in [3.8, 4) is 0 Å². The van der Waals surface area contributed by atoms with Crippen molar-refractivity contribution in [3.63, 3.8) is 0 Å². The second-order valence-corrected chi connectivity index (χ2v) is 6.60. The van der Waals surface area contributed by atoms with Gasteiger partial charge in [-0.3, -0.25) is 0 Å². The Kier molecular flexibility index (Phi) is 6.62. The third-order valence-corrected chi connectivity index (χ3v) is 4.19. The van der Waals surface area contributed by atoms with Crippen molar-refractivity contribution in [2.24, 2.45) is 5.92 Å². The molecule has 0 radical (unpaired) electrons. The van der Waals surface area contributed by atoms with E-state index in [1.54, 1.807) is 0 Å². The van der Waals surface area contributed by atoms with Crippen LogP contribution in [0.15, 0.2) is 18.2 Å². The minimum Gasteiger partial charge on any atom is -0.338 e. The minimum atomic E-state index is -0.543. The standard InChI is InChI=1S/C16H24ClFN4O/c1-12(11-22-7-5-21(2)6-8-22)10-19-16(23)20-15-4-3-13(17)9-14(15)18/h3-4,9,12H,5-8,10-11H2,1-2H3,(H2,19,20,23)/t12-/m0/s1. The van der Waals surface area contributed by atoms with Gasteiger partial charge in [-0.2, -0.15) is 0 Å². The SMILES string of the molecule is C[C@@H](CNC(=O)Nc1ccc(Cl)cc1F)CN1CCN(C)CC1. The molecule has 5 nitrogen and oxygen atoms in total. The van der Waals surface area contributed by atoms with E-state index in [4.69, 9.17) is 11.6 Å². The van der Waals surface area contributed by atoms with Gasteiger partial charge in [0.05, 0.1) is 5.69 Å². The quantitative estimate of drug-likeness (QED) is 0.864. The summed E-state index contributed by atoms with van der Waals surface area (Å²) in [5.41, 5.74) is 0.124. The molecule has 1 fully saturated rings. The predicted molar refractivity (Wildman–Crippen MR) is 91.5 cm³/mol. The molecule has 1 aromatic carbocycles. The number of hydrogen-bond acceptors (Lipinski definition) is 3. The number of hydrogen-bond donors (Lipinski definition) is 2. The van der Waals surface area contributed by atoms with Crippen LogP contribution in [0.3, 0.4) is 0 Å². The van der Waals surface area contributed by atoms with E-state index in [9.17, 15) is 9.18 Å². The first-order valence-electron chi connectivity index (χ1n) is 7.85. The monoisotopic (exact) mass is 342 g/mol. The van der Waals surface area contributed by atoms with Crippen LogP contribution in [-0.2, 0) is 0 Å². The fourth-order valence-electron chi connectivity index (χ4n) is 2.56. The average molecular weight is 343 g/mol. The molecule has 1 heterocycles. The van der Waals surface area contributed by atoms with Crippen molar-refractivity contribution in [2.75, 3.05) is 51.6 Å². The normalized spacial score (nSPS) is 17.7. The van der Waals surface area contributed by atoms with Crippen LogP contribution >= 0.6 is 11.6 Å². The Morgan fingerprint density at radius 2 is 2.04 bits per heavy atom. The van der Waals surface area contributed by atoms with E-state index in [1.807, 2.05) is 0 Å². The maximum atomic E-state index is 13.6. The average Bonchev–Trinajstić information content (AvgIpc) is 2.50. The second kappa shape index (κ2) is 8.47. The van der Waals surface area contributed by atoms with Crippen LogP contribution in [0.4, 0.5) is 14.9 Å². The summed E-state index contributed by atoms with van der Waals surface area (Å²) in [7, 11) is 2.13. The summed E-state index contributed by atoms with van der Waals surface area (Å²) in [6.07, 6.45) is 0. The first kappa shape index (κ1) is 18.0. The second-order valence-electron chi connectivity index (χ2n) is 6.17. The summed E-state index contributed by atoms with van der Waals surface area (Å²) in [4.78, 5) is 16.6. The van der Waals surface area contributed by atoms with Crippen LogP contribution in [0.5, 0.6) is 0 Å². The molecule has 2 rings (SSSR count). The van der Waals surface area contributed by atoms with Crippen molar-refractivity contribution >= 4 is 23.3 Å². The summed E-state index contributed by atoms with van der Waals surface area (Å²) >= 11 is 5.68. The van der Waals surface area contributed by atoms with Gasteiger partial charge >= 0.3 is 6.03 Å². The molecule has 0 spiro atoms. The highest BCUT2D eigenvalue weighted by Gasteiger charge is 2.16. The molecule has 2 amide bonds. The third kappa shape index (κ3) is 5.97. The van der Waals surface area contributed by atoms with Crippen molar-refractivity contribution in [3.05, 3.63) is 29.0 Å². The highest BCUT2D eigenvalue weighted by Crippen LogP contribution is 2.18. The zero-order valence-corrected chi connectivity index (χ0v) is 14.4. The van der Waals surface area contributed by atoms with E-state index in [0.717, 1.165) is 32.7 Å². The number of nitrogens with zero attached hydrogens (tertiary/aromatic N) is 2. The number of anilines is 1. The predicted octanol–water partition coefficient (Wildman–Crippen LogP) is 2.48. The van der Waals surface area contributed by atoms with Crippen molar-refractivity contribution in [1.82, 2.24) is 15.1 Å². The highest BCUT2D eigenvalue weighted by atomic mass is 35.5. The largest absolute Gasteiger partial charge is 0.338 e. The Morgan fingerprint density at radius 1 is 1.35 bits per heavy atom. The molecule has 7 heteroatoms. The van der Waals surface area contributed by atoms with E-state index in [-0.39, 0.29) is 5.69 Å². The zero-order chi connectivity index (χ0) is 16.8. The van der Waals surface area contributed by atoms with E-state index >= 15 is 0 Å². The lowest BCUT2D eigenvalue weighted by molar-refractivity contribution is 0.138. The number of carbonyl (C=O) groups is 1. The van der Waals surface area contributed by atoms with Crippen LogP contribution < -0.4 is 10.6 Å². The lowest BCUT2D eigenvalue weighted by atomic mass is 10.1. The molecule has 0 aromatic heterocycles. The van der Waals surface area contributed by atoms with Gasteiger partial charge in [0.15, 0.2) is 0 Å². The first-order chi connectivity index (χ1) is 10.9.